The van der Waals surface area contributed by atoms with E-state index in [1.54, 1.807) is 6.07 Å². The maximum absolute atomic E-state index is 9.83. The lowest BCUT2D eigenvalue weighted by Gasteiger charge is -2.09. The van der Waals surface area contributed by atoms with Gasteiger partial charge >= 0.3 is 0 Å². The second-order valence-electron chi connectivity index (χ2n) is 4.25. The monoisotopic (exact) mass is 277 g/mol. The van der Waals surface area contributed by atoms with Gasteiger partial charge in [0.05, 0.1) is 5.02 Å². The summed E-state index contributed by atoms with van der Waals surface area (Å²) in [6.07, 6.45) is 0.862. The number of aryl methyl sites for hydroxylation is 2. The number of anilines is 1. The molecule has 100 valence electrons. The quantitative estimate of drug-likeness (QED) is 0.900. The van der Waals surface area contributed by atoms with Crippen LogP contribution in [0.15, 0.2) is 24.3 Å². The number of aromatic nitrogens is 2. The molecule has 1 aromatic carbocycles. The number of rotatable bonds is 4. The Bertz CT molecular complexity index is 587. The zero-order valence-electron chi connectivity index (χ0n) is 10.9. The highest BCUT2D eigenvalue weighted by atomic mass is 35.5. The van der Waals surface area contributed by atoms with Gasteiger partial charge in [0, 0.05) is 23.9 Å². The fourth-order valence-corrected chi connectivity index (χ4v) is 1.98. The zero-order chi connectivity index (χ0) is 13.8. The number of para-hydroxylation sites is 1. The van der Waals surface area contributed by atoms with Crippen molar-refractivity contribution in [2.45, 2.75) is 26.8 Å². The van der Waals surface area contributed by atoms with Crippen molar-refractivity contribution in [1.29, 1.82) is 0 Å². The predicted octanol–water partition coefficient (Wildman–Crippen LogP) is 3.32. The highest BCUT2D eigenvalue weighted by Gasteiger charge is 2.06. The van der Waals surface area contributed by atoms with Crippen LogP contribution in [0.4, 0.5) is 5.82 Å². The summed E-state index contributed by atoms with van der Waals surface area (Å²) < 4.78 is 0. The summed E-state index contributed by atoms with van der Waals surface area (Å²) in [6.45, 7) is 4.38. The third-order valence-corrected chi connectivity index (χ3v) is 3.09. The normalized spacial score (nSPS) is 10.5. The van der Waals surface area contributed by atoms with E-state index in [1.165, 1.54) is 0 Å². The Hall–Kier alpha value is -1.81. The average Bonchev–Trinajstić information content (AvgIpc) is 2.40. The minimum Gasteiger partial charge on any atom is -0.506 e. The lowest BCUT2D eigenvalue weighted by atomic mass is 10.2. The number of aromatic hydroxyl groups is 1. The standard InChI is InChI=1S/C14H16ClN3O/c1-3-11-7-13(18-9(2)17-11)16-8-10-5-4-6-12(15)14(10)19/h4-7,19H,3,8H2,1-2H3,(H,16,17,18). The smallest absolute Gasteiger partial charge is 0.139 e. The van der Waals surface area contributed by atoms with Gasteiger partial charge < -0.3 is 10.4 Å². The van der Waals surface area contributed by atoms with Crippen LogP contribution in [0.3, 0.4) is 0 Å². The lowest BCUT2D eigenvalue weighted by Crippen LogP contribution is -2.05. The highest BCUT2D eigenvalue weighted by molar-refractivity contribution is 6.32. The van der Waals surface area contributed by atoms with Gasteiger partial charge in [0.15, 0.2) is 0 Å². The molecule has 0 saturated heterocycles. The number of hydrogen-bond donors (Lipinski definition) is 2. The molecule has 1 aromatic heterocycles. The summed E-state index contributed by atoms with van der Waals surface area (Å²) in [5, 5.41) is 13.4. The van der Waals surface area contributed by atoms with Gasteiger partial charge in [0.25, 0.3) is 0 Å². The van der Waals surface area contributed by atoms with Crippen molar-refractivity contribution in [2.24, 2.45) is 0 Å². The fourth-order valence-electron chi connectivity index (χ4n) is 1.79. The van der Waals surface area contributed by atoms with Gasteiger partial charge in [-0.1, -0.05) is 30.7 Å². The number of hydrogen-bond acceptors (Lipinski definition) is 4. The minimum atomic E-state index is 0.109. The number of nitrogens with one attached hydrogen (secondary N) is 1. The number of halogens is 1. The van der Waals surface area contributed by atoms with E-state index < -0.39 is 0 Å². The molecule has 4 nitrogen and oxygen atoms in total. The van der Waals surface area contributed by atoms with E-state index in [4.69, 9.17) is 11.6 Å². The van der Waals surface area contributed by atoms with Crippen LogP contribution in [0.25, 0.3) is 0 Å². The third kappa shape index (κ3) is 3.35. The Morgan fingerprint density at radius 1 is 1.32 bits per heavy atom. The molecule has 0 bridgehead atoms. The van der Waals surface area contributed by atoms with E-state index in [0.717, 1.165) is 29.3 Å². The first kappa shape index (κ1) is 13.6. The molecule has 0 aliphatic rings. The molecular formula is C14H16ClN3O. The maximum Gasteiger partial charge on any atom is 0.139 e. The van der Waals surface area contributed by atoms with Gasteiger partial charge in [-0.3, -0.25) is 0 Å². The second kappa shape index (κ2) is 5.89. The molecular weight excluding hydrogens is 262 g/mol. The molecule has 19 heavy (non-hydrogen) atoms. The number of phenols is 1. The molecule has 0 unspecified atom stereocenters. The highest BCUT2D eigenvalue weighted by Crippen LogP contribution is 2.27. The molecule has 0 aliphatic carbocycles. The molecule has 2 aromatic rings. The largest absolute Gasteiger partial charge is 0.506 e. The first-order valence-corrected chi connectivity index (χ1v) is 6.52. The molecule has 0 atom stereocenters. The molecule has 0 radical (unpaired) electrons. The summed E-state index contributed by atoms with van der Waals surface area (Å²) in [5.74, 6) is 1.60. The molecule has 0 saturated carbocycles. The van der Waals surface area contributed by atoms with Crippen molar-refractivity contribution >= 4 is 17.4 Å². The Morgan fingerprint density at radius 2 is 2.11 bits per heavy atom. The van der Waals surface area contributed by atoms with Crippen molar-refractivity contribution in [1.82, 2.24) is 9.97 Å². The van der Waals surface area contributed by atoms with Crippen LogP contribution in [-0.4, -0.2) is 15.1 Å². The van der Waals surface area contributed by atoms with E-state index in [2.05, 4.69) is 15.3 Å². The van der Waals surface area contributed by atoms with Crippen LogP contribution in [0.2, 0.25) is 5.02 Å². The van der Waals surface area contributed by atoms with Crippen LogP contribution in [0.1, 0.15) is 24.0 Å². The molecule has 0 fully saturated rings. The summed E-state index contributed by atoms with van der Waals surface area (Å²) in [7, 11) is 0. The van der Waals surface area contributed by atoms with Crippen LogP contribution >= 0.6 is 11.6 Å². The lowest BCUT2D eigenvalue weighted by molar-refractivity contribution is 0.469. The summed E-state index contributed by atoms with van der Waals surface area (Å²) in [4.78, 5) is 8.63. The van der Waals surface area contributed by atoms with Crippen molar-refractivity contribution < 1.29 is 5.11 Å². The van der Waals surface area contributed by atoms with Gasteiger partial charge in [-0.15, -0.1) is 0 Å². The Kier molecular flexibility index (Phi) is 4.22. The third-order valence-electron chi connectivity index (χ3n) is 2.78. The van der Waals surface area contributed by atoms with Gasteiger partial charge in [0.2, 0.25) is 0 Å². The van der Waals surface area contributed by atoms with Crippen LogP contribution in [0.5, 0.6) is 5.75 Å². The van der Waals surface area contributed by atoms with Crippen molar-refractivity contribution in [3.05, 3.63) is 46.4 Å². The van der Waals surface area contributed by atoms with Gasteiger partial charge in [-0.2, -0.15) is 0 Å². The summed E-state index contributed by atoms with van der Waals surface area (Å²) in [6, 6.07) is 7.20. The summed E-state index contributed by atoms with van der Waals surface area (Å²) >= 11 is 5.87. The first-order valence-electron chi connectivity index (χ1n) is 6.15. The predicted molar refractivity (Wildman–Crippen MR) is 76.6 cm³/mol. The Morgan fingerprint density at radius 3 is 2.84 bits per heavy atom. The molecule has 0 spiro atoms. The van der Waals surface area contributed by atoms with E-state index in [9.17, 15) is 5.11 Å². The Labute approximate surface area is 117 Å². The van der Waals surface area contributed by atoms with Crippen molar-refractivity contribution in [3.8, 4) is 5.75 Å². The van der Waals surface area contributed by atoms with E-state index in [0.29, 0.717) is 11.6 Å². The average molecular weight is 278 g/mol. The van der Waals surface area contributed by atoms with Crippen molar-refractivity contribution in [2.75, 3.05) is 5.32 Å². The van der Waals surface area contributed by atoms with E-state index >= 15 is 0 Å². The second-order valence-corrected chi connectivity index (χ2v) is 4.65. The summed E-state index contributed by atoms with van der Waals surface area (Å²) in [5.41, 5.74) is 1.73. The Balaban J connectivity index is 2.14. The van der Waals surface area contributed by atoms with E-state index in [1.807, 2.05) is 32.0 Å². The zero-order valence-corrected chi connectivity index (χ0v) is 11.7. The van der Waals surface area contributed by atoms with Gasteiger partial charge in [-0.25, -0.2) is 9.97 Å². The number of benzene rings is 1. The molecule has 5 heteroatoms. The van der Waals surface area contributed by atoms with Gasteiger partial charge in [-0.05, 0) is 19.4 Å². The van der Waals surface area contributed by atoms with Gasteiger partial charge in [0.1, 0.15) is 17.4 Å². The van der Waals surface area contributed by atoms with E-state index in [-0.39, 0.29) is 5.75 Å². The van der Waals surface area contributed by atoms with Crippen molar-refractivity contribution in [3.63, 3.8) is 0 Å². The molecule has 2 N–H and O–H groups in total. The van der Waals surface area contributed by atoms with Crippen LogP contribution < -0.4 is 5.32 Å². The number of nitrogens with zero attached hydrogens (tertiary/aromatic N) is 2. The molecule has 2 rings (SSSR count). The molecule has 0 aliphatic heterocycles. The fraction of sp³-hybridized carbons (Fsp3) is 0.286. The maximum atomic E-state index is 9.83. The van der Waals surface area contributed by atoms with Crippen LogP contribution in [0, 0.1) is 6.92 Å². The topological polar surface area (TPSA) is 58.0 Å². The first-order chi connectivity index (χ1) is 9.10. The minimum absolute atomic E-state index is 0.109. The number of phenolic OH excluding ortho intramolecular Hbond substituents is 1. The SMILES string of the molecule is CCc1cc(NCc2cccc(Cl)c2O)nc(C)n1. The van der Waals surface area contributed by atoms with Crippen LogP contribution in [-0.2, 0) is 13.0 Å². The molecule has 1 heterocycles. The molecule has 0 amide bonds.